The van der Waals surface area contributed by atoms with Crippen LogP contribution in [0.3, 0.4) is 0 Å². The predicted molar refractivity (Wildman–Crippen MR) is 81.5 cm³/mol. The van der Waals surface area contributed by atoms with Crippen LogP contribution in [0.25, 0.3) is 0 Å². The van der Waals surface area contributed by atoms with Gasteiger partial charge < -0.3 is 5.32 Å². The molecule has 2 nitrogen and oxygen atoms in total. The number of amides is 1. The Bertz CT molecular complexity index is 426. The zero-order chi connectivity index (χ0) is 14.8. The van der Waals surface area contributed by atoms with Crippen LogP contribution in [0.1, 0.15) is 63.8 Å². The molecule has 0 saturated heterocycles. The van der Waals surface area contributed by atoms with Gasteiger partial charge in [-0.3, -0.25) is 4.79 Å². The summed E-state index contributed by atoms with van der Waals surface area (Å²) in [7, 11) is 0. The Balaban J connectivity index is 3.43. The number of nitrogens with one attached hydrogen (secondary N) is 1. The highest BCUT2D eigenvalue weighted by atomic mass is 16.1. The van der Waals surface area contributed by atoms with Crippen molar-refractivity contribution in [2.24, 2.45) is 0 Å². The first-order valence-corrected chi connectivity index (χ1v) is 6.89. The molecule has 0 heterocycles. The van der Waals surface area contributed by atoms with Crippen LogP contribution in [-0.2, 0) is 22.2 Å². The SMILES string of the molecule is Cc1c(C(C)(C)C)cc(CNC=O)cc1C(C)(C)C. The van der Waals surface area contributed by atoms with Crippen molar-refractivity contribution in [1.29, 1.82) is 0 Å². The van der Waals surface area contributed by atoms with Crippen LogP contribution in [0.2, 0.25) is 0 Å². The number of carbonyl (C=O) groups is 1. The van der Waals surface area contributed by atoms with Crippen molar-refractivity contribution in [1.82, 2.24) is 5.32 Å². The molecular formula is C17H27NO. The first-order chi connectivity index (χ1) is 8.57. The van der Waals surface area contributed by atoms with Gasteiger partial charge in [0.05, 0.1) is 0 Å². The minimum absolute atomic E-state index is 0.112. The summed E-state index contributed by atoms with van der Waals surface area (Å²) in [6, 6.07) is 4.45. The van der Waals surface area contributed by atoms with E-state index in [1.54, 1.807) is 0 Å². The molecular weight excluding hydrogens is 234 g/mol. The molecule has 1 amide bonds. The van der Waals surface area contributed by atoms with Gasteiger partial charge in [-0.2, -0.15) is 0 Å². The number of benzene rings is 1. The Kier molecular flexibility index (Phi) is 4.44. The van der Waals surface area contributed by atoms with Gasteiger partial charge >= 0.3 is 0 Å². The van der Waals surface area contributed by atoms with Gasteiger partial charge in [-0.15, -0.1) is 0 Å². The van der Waals surface area contributed by atoms with E-state index in [9.17, 15) is 4.79 Å². The molecule has 0 atom stereocenters. The third-order valence-corrected chi connectivity index (χ3v) is 3.47. The Hall–Kier alpha value is -1.31. The lowest BCUT2D eigenvalue weighted by Gasteiger charge is -2.29. The highest BCUT2D eigenvalue weighted by molar-refractivity contribution is 5.48. The summed E-state index contributed by atoms with van der Waals surface area (Å²) in [6.07, 6.45) is 0.757. The van der Waals surface area contributed by atoms with Crippen molar-refractivity contribution >= 4 is 6.41 Å². The molecule has 2 heteroatoms. The molecule has 1 aromatic carbocycles. The number of carbonyl (C=O) groups excluding carboxylic acids is 1. The molecule has 0 aliphatic carbocycles. The van der Waals surface area contributed by atoms with Crippen LogP contribution in [0, 0.1) is 6.92 Å². The van der Waals surface area contributed by atoms with Crippen molar-refractivity contribution in [2.45, 2.75) is 65.8 Å². The van der Waals surface area contributed by atoms with E-state index in [1.807, 2.05) is 0 Å². The van der Waals surface area contributed by atoms with Crippen LogP contribution < -0.4 is 5.32 Å². The maximum atomic E-state index is 10.5. The Labute approximate surface area is 117 Å². The highest BCUT2D eigenvalue weighted by Crippen LogP contribution is 2.34. The Morgan fingerprint density at radius 1 is 1.00 bits per heavy atom. The average molecular weight is 261 g/mol. The maximum absolute atomic E-state index is 10.5. The quantitative estimate of drug-likeness (QED) is 0.823. The maximum Gasteiger partial charge on any atom is 0.207 e. The third-order valence-electron chi connectivity index (χ3n) is 3.47. The van der Waals surface area contributed by atoms with E-state index < -0.39 is 0 Å². The monoisotopic (exact) mass is 261 g/mol. The molecule has 0 saturated carbocycles. The van der Waals surface area contributed by atoms with Gasteiger partial charge in [0.1, 0.15) is 0 Å². The van der Waals surface area contributed by atoms with Crippen molar-refractivity contribution < 1.29 is 4.79 Å². The summed E-state index contributed by atoms with van der Waals surface area (Å²) in [5.74, 6) is 0. The molecule has 0 aromatic heterocycles. The van der Waals surface area contributed by atoms with E-state index in [-0.39, 0.29) is 10.8 Å². The second-order valence-corrected chi connectivity index (χ2v) is 7.31. The summed E-state index contributed by atoms with van der Waals surface area (Å²) in [6.45, 7) is 16.2. The second kappa shape index (κ2) is 5.36. The van der Waals surface area contributed by atoms with Crippen LogP contribution in [0.15, 0.2) is 12.1 Å². The first-order valence-electron chi connectivity index (χ1n) is 6.89. The standard InChI is InChI=1S/C17H27NO/c1-12-14(16(2,3)4)8-13(10-18-11-19)9-15(12)17(5,6)7/h8-9,11H,10H2,1-7H3,(H,18,19). The Morgan fingerprint density at radius 2 is 1.42 bits per heavy atom. The summed E-state index contributed by atoms with van der Waals surface area (Å²) in [5, 5.41) is 2.76. The molecule has 1 rings (SSSR count). The highest BCUT2D eigenvalue weighted by Gasteiger charge is 2.24. The zero-order valence-electron chi connectivity index (χ0n) is 13.3. The number of hydrogen-bond donors (Lipinski definition) is 1. The predicted octanol–water partition coefficient (Wildman–Crippen LogP) is 3.84. The van der Waals surface area contributed by atoms with E-state index in [0.29, 0.717) is 6.54 Å². The van der Waals surface area contributed by atoms with Gasteiger partial charge in [0, 0.05) is 6.54 Å². The summed E-state index contributed by atoms with van der Waals surface area (Å²) in [4.78, 5) is 10.5. The largest absolute Gasteiger partial charge is 0.355 e. The third kappa shape index (κ3) is 3.82. The van der Waals surface area contributed by atoms with E-state index >= 15 is 0 Å². The molecule has 106 valence electrons. The molecule has 0 radical (unpaired) electrons. The van der Waals surface area contributed by atoms with Gasteiger partial charge in [0.25, 0.3) is 0 Å². The molecule has 1 aromatic rings. The van der Waals surface area contributed by atoms with Crippen molar-refractivity contribution in [2.75, 3.05) is 0 Å². The number of rotatable bonds is 3. The minimum atomic E-state index is 0.112. The smallest absolute Gasteiger partial charge is 0.207 e. The number of hydrogen-bond acceptors (Lipinski definition) is 1. The molecule has 0 aliphatic heterocycles. The minimum Gasteiger partial charge on any atom is -0.355 e. The zero-order valence-corrected chi connectivity index (χ0v) is 13.3. The summed E-state index contributed by atoms with van der Waals surface area (Å²) in [5.41, 5.74) is 5.50. The van der Waals surface area contributed by atoms with Crippen LogP contribution in [0.5, 0.6) is 0 Å². The van der Waals surface area contributed by atoms with E-state index in [2.05, 4.69) is 65.9 Å². The molecule has 0 unspecified atom stereocenters. The van der Waals surface area contributed by atoms with E-state index in [0.717, 1.165) is 6.41 Å². The van der Waals surface area contributed by atoms with Gasteiger partial charge in [0.2, 0.25) is 6.41 Å². The second-order valence-electron chi connectivity index (χ2n) is 7.31. The van der Waals surface area contributed by atoms with Gasteiger partial charge in [0.15, 0.2) is 0 Å². The first kappa shape index (κ1) is 15.7. The van der Waals surface area contributed by atoms with Gasteiger partial charge in [-0.1, -0.05) is 53.7 Å². The van der Waals surface area contributed by atoms with E-state index in [1.165, 1.54) is 22.3 Å². The van der Waals surface area contributed by atoms with Crippen LogP contribution in [-0.4, -0.2) is 6.41 Å². The van der Waals surface area contributed by atoms with Gasteiger partial charge in [-0.25, -0.2) is 0 Å². The van der Waals surface area contributed by atoms with E-state index in [4.69, 9.17) is 0 Å². The Morgan fingerprint density at radius 3 is 1.74 bits per heavy atom. The van der Waals surface area contributed by atoms with Crippen LogP contribution in [0.4, 0.5) is 0 Å². The fraction of sp³-hybridized carbons (Fsp3) is 0.588. The fourth-order valence-electron chi connectivity index (χ4n) is 2.59. The average Bonchev–Trinajstić information content (AvgIpc) is 2.24. The summed E-state index contributed by atoms with van der Waals surface area (Å²) >= 11 is 0. The molecule has 1 N–H and O–H groups in total. The van der Waals surface area contributed by atoms with Gasteiger partial charge in [-0.05, 0) is 40.0 Å². The van der Waals surface area contributed by atoms with Crippen molar-refractivity contribution in [3.05, 3.63) is 34.4 Å². The van der Waals surface area contributed by atoms with Crippen molar-refractivity contribution in [3.8, 4) is 0 Å². The lowest BCUT2D eigenvalue weighted by molar-refractivity contribution is -0.109. The summed E-state index contributed by atoms with van der Waals surface area (Å²) < 4.78 is 0. The topological polar surface area (TPSA) is 29.1 Å². The molecule has 0 aliphatic rings. The fourth-order valence-corrected chi connectivity index (χ4v) is 2.59. The lowest BCUT2D eigenvalue weighted by atomic mass is 9.76. The molecule has 0 fully saturated rings. The molecule has 0 bridgehead atoms. The van der Waals surface area contributed by atoms with Crippen LogP contribution >= 0.6 is 0 Å². The normalized spacial score (nSPS) is 12.4. The van der Waals surface area contributed by atoms with Crippen molar-refractivity contribution in [3.63, 3.8) is 0 Å². The molecule has 0 spiro atoms. The lowest BCUT2D eigenvalue weighted by Crippen LogP contribution is -2.21. The molecule has 19 heavy (non-hydrogen) atoms.